The molecule has 0 amide bonds. The maximum atomic E-state index is 10.3. The number of rotatable bonds is 4. The Morgan fingerprint density at radius 1 is 1.62 bits per heavy atom. The van der Waals surface area contributed by atoms with Gasteiger partial charge in [0.1, 0.15) is 5.75 Å². The molecule has 16 heavy (non-hydrogen) atoms. The van der Waals surface area contributed by atoms with Gasteiger partial charge in [0, 0.05) is 11.8 Å². The van der Waals surface area contributed by atoms with Gasteiger partial charge in [0.15, 0.2) is 11.0 Å². The molecule has 84 valence electrons. The first-order valence-corrected chi connectivity index (χ1v) is 5.59. The number of thioether (sulfide) groups is 1. The first kappa shape index (κ1) is 10.8. The van der Waals surface area contributed by atoms with Crippen LogP contribution in [0.5, 0.6) is 5.75 Å². The molecule has 0 radical (unpaired) electrons. The highest BCUT2D eigenvalue weighted by Gasteiger charge is 2.10. The third-order valence-electron chi connectivity index (χ3n) is 2.06. The third kappa shape index (κ3) is 2.27. The molecule has 0 saturated carbocycles. The Balaban J connectivity index is 2.25. The van der Waals surface area contributed by atoms with Gasteiger partial charge in [-0.2, -0.15) is 0 Å². The van der Waals surface area contributed by atoms with Crippen molar-refractivity contribution in [1.82, 2.24) is 4.98 Å². The lowest BCUT2D eigenvalue weighted by Crippen LogP contribution is -2.24. The molecule has 0 aliphatic carbocycles. The first-order chi connectivity index (χ1) is 7.69. The second-order valence-electron chi connectivity index (χ2n) is 3.15. The monoisotopic (exact) mass is 238 g/mol. The predicted octanol–water partition coefficient (Wildman–Crippen LogP) is -0.167. The van der Waals surface area contributed by atoms with Gasteiger partial charge in [0.2, 0.25) is 0 Å². The van der Waals surface area contributed by atoms with E-state index in [9.17, 15) is 9.90 Å². The van der Waals surface area contributed by atoms with Crippen molar-refractivity contribution >= 4 is 28.8 Å². The molecule has 0 unspecified atom stereocenters. The fourth-order valence-corrected chi connectivity index (χ4v) is 1.97. The zero-order valence-electron chi connectivity index (χ0n) is 8.57. The van der Waals surface area contributed by atoms with Crippen molar-refractivity contribution in [2.45, 2.75) is 5.16 Å². The van der Waals surface area contributed by atoms with Gasteiger partial charge < -0.3 is 14.6 Å². The molecule has 0 saturated heterocycles. The summed E-state index contributed by atoms with van der Waals surface area (Å²) >= 11 is 1.15. The zero-order valence-corrected chi connectivity index (χ0v) is 9.39. The summed E-state index contributed by atoms with van der Waals surface area (Å²) in [5.41, 5.74) is 1.78. The quantitative estimate of drug-likeness (QED) is 0.750. The molecule has 2 N–H and O–H groups in total. The van der Waals surface area contributed by atoms with Crippen LogP contribution in [0.1, 0.15) is 0 Å². The van der Waals surface area contributed by atoms with E-state index in [2.05, 4.69) is 9.97 Å². The predicted molar refractivity (Wildman–Crippen MR) is 57.1 cm³/mol. The minimum absolute atomic E-state index is 0.0829. The number of methoxy groups -OCH3 is 1. The van der Waals surface area contributed by atoms with Crippen LogP contribution < -0.4 is 14.8 Å². The van der Waals surface area contributed by atoms with E-state index < -0.39 is 5.97 Å². The minimum Gasteiger partial charge on any atom is -0.549 e. The number of hydrogen-bond donors (Lipinski definition) is 1. The van der Waals surface area contributed by atoms with E-state index in [0.29, 0.717) is 5.16 Å². The molecule has 6 heteroatoms. The molecular formula is C10H10N2O3S. The number of carbonyl (C=O) groups excluding carboxylic acids is 1. The number of carbonyl (C=O) groups is 1. The van der Waals surface area contributed by atoms with E-state index in [-0.39, 0.29) is 5.75 Å². The van der Waals surface area contributed by atoms with Gasteiger partial charge in [-0.3, -0.25) is 0 Å². The van der Waals surface area contributed by atoms with Crippen LogP contribution in [0.25, 0.3) is 11.0 Å². The highest BCUT2D eigenvalue weighted by atomic mass is 32.2. The van der Waals surface area contributed by atoms with Crippen LogP contribution in [0.2, 0.25) is 0 Å². The Kier molecular flexibility index (Phi) is 3.00. The fourth-order valence-electron chi connectivity index (χ4n) is 1.34. The first-order valence-electron chi connectivity index (χ1n) is 4.61. The number of carboxylic acid groups (broad SMARTS) is 1. The number of hydrogen-bond acceptors (Lipinski definition) is 4. The summed E-state index contributed by atoms with van der Waals surface area (Å²) in [6, 6.07) is 5.54. The number of benzene rings is 1. The summed E-state index contributed by atoms with van der Waals surface area (Å²) in [7, 11) is 1.60. The summed E-state index contributed by atoms with van der Waals surface area (Å²) in [4.78, 5) is 16.4. The minimum atomic E-state index is -1.09. The Morgan fingerprint density at radius 2 is 2.44 bits per heavy atom. The van der Waals surface area contributed by atoms with Gasteiger partial charge in [-0.15, -0.1) is 0 Å². The van der Waals surface area contributed by atoms with Gasteiger partial charge >= 0.3 is 5.16 Å². The number of aliphatic carboxylic acids is 1. The molecule has 2 aromatic rings. The molecule has 2 rings (SSSR count). The maximum absolute atomic E-state index is 10.3. The standard InChI is InChI=1S/C10H10N2O3S/c1-15-6-2-3-7-8(4-6)12-10(11-7)16-5-9(13)14/h2-4H,5H2,1H3,(H,11,12)(H,13,14). The van der Waals surface area contributed by atoms with Crippen LogP contribution in [0.15, 0.2) is 23.4 Å². The van der Waals surface area contributed by atoms with Crippen molar-refractivity contribution in [2.75, 3.05) is 12.9 Å². The number of aromatic nitrogens is 2. The van der Waals surface area contributed by atoms with Gasteiger partial charge in [-0.05, 0) is 23.9 Å². The summed E-state index contributed by atoms with van der Waals surface area (Å²) < 4.78 is 5.08. The molecule has 5 nitrogen and oxygen atoms in total. The number of aromatic amines is 2. The Bertz CT molecular complexity index is 524. The number of carboxylic acids is 1. The second kappa shape index (κ2) is 4.44. The number of fused-ring (bicyclic) bond motifs is 1. The third-order valence-corrected chi connectivity index (χ3v) is 2.93. The summed E-state index contributed by atoms with van der Waals surface area (Å²) in [5, 5.41) is 11.0. The molecule has 1 heterocycles. The topological polar surface area (TPSA) is 79.3 Å². The van der Waals surface area contributed by atoms with Crippen molar-refractivity contribution < 1.29 is 19.6 Å². The highest BCUT2D eigenvalue weighted by molar-refractivity contribution is 7.99. The van der Waals surface area contributed by atoms with Crippen molar-refractivity contribution in [3.05, 3.63) is 18.2 Å². The van der Waals surface area contributed by atoms with E-state index >= 15 is 0 Å². The van der Waals surface area contributed by atoms with Crippen LogP contribution in [0.3, 0.4) is 0 Å². The fraction of sp³-hybridized carbons (Fsp3) is 0.200. The molecule has 0 spiro atoms. The van der Waals surface area contributed by atoms with Crippen molar-refractivity contribution in [1.29, 1.82) is 0 Å². The van der Waals surface area contributed by atoms with Crippen LogP contribution in [0, 0.1) is 0 Å². The number of H-pyrrole nitrogens is 2. The molecule has 0 atom stereocenters. The van der Waals surface area contributed by atoms with E-state index in [0.717, 1.165) is 28.5 Å². The smallest absolute Gasteiger partial charge is 0.314 e. The second-order valence-corrected chi connectivity index (χ2v) is 4.14. The summed E-state index contributed by atoms with van der Waals surface area (Å²) in [6.45, 7) is 0. The van der Waals surface area contributed by atoms with E-state index in [4.69, 9.17) is 4.74 Å². The van der Waals surface area contributed by atoms with Crippen molar-refractivity contribution in [3.63, 3.8) is 0 Å². The Hall–Kier alpha value is -1.69. The normalized spacial score (nSPS) is 10.6. The molecule has 1 aromatic carbocycles. The maximum Gasteiger partial charge on any atom is 0.314 e. The lowest BCUT2D eigenvalue weighted by Gasteiger charge is -1.94. The molecular weight excluding hydrogens is 228 g/mol. The van der Waals surface area contributed by atoms with Crippen LogP contribution in [-0.2, 0) is 4.79 Å². The Morgan fingerprint density at radius 3 is 3.12 bits per heavy atom. The average molecular weight is 238 g/mol. The van der Waals surface area contributed by atoms with Gasteiger partial charge in [-0.25, -0.2) is 9.97 Å². The number of imidazole rings is 1. The van der Waals surface area contributed by atoms with E-state index in [1.165, 1.54) is 0 Å². The van der Waals surface area contributed by atoms with Crippen molar-refractivity contribution in [2.24, 2.45) is 0 Å². The van der Waals surface area contributed by atoms with E-state index in [1.54, 1.807) is 7.11 Å². The van der Waals surface area contributed by atoms with Gasteiger partial charge in [-0.1, -0.05) is 0 Å². The van der Waals surface area contributed by atoms with Gasteiger partial charge in [0.05, 0.1) is 13.1 Å². The van der Waals surface area contributed by atoms with Crippen LogP contribution >= 0.6 is 11.8 Å². The average Bonchev–Trinajstić information content (AvgIpc) is 2.67. The van der Waals surface area contributed by atoms with Crippen LogP contribution in [0.4, 0.5) is 0 Å². The van der Waals surface area contributed by atoms with Crippen molar-refractivity contribution in [3.8, 4) is 5.75 Å². The SMILES string of the molecule is COc1ccc2[nH+]c(SCC(=O)[O-])[nH]c2c1. The highest BCUT2D eigenvalue weighted by Crippen LogP contribution is 2.19. The Labute approximate surface area is 95.8 Å². The summed E-state index contributed by atoms with van der Waals surface area (Å²) in [5.74, 6) is -0.422. The molecule has 0 fully saturated rings. The van der Waals surface area contributed by atoms with Gasteiger partial charge in [0.25, 0.3) is 0 Å². The lowest BCUT2D eigenvalue weighted by molar-refractivity contribution is -0.396. The number of ether oxygens (including phenoxy) is 1. The zero-order chi connectivity index (χ0) is 11.5. The molecule has 0 aliphatic rings. The molecule has 1 aromatic heterocycles. The summed E-state index contributed by atoms with van der Waals surface area (Å²) in [6.07, 6.45) is 0. The number of nitrogens with one attached hydrogen (secondary N) is 2. The van der Waals surface area contributed by atoms with E-state index in [1.807, 2.05) is 18.2 Å². The largest absolute Gasteiger partial charge is 0.549 e. The lowest BCUT2D eigenvalue weighted by atomic mass is 10.3. The van der Waals surface area contributed by atoms with Crippen LogP contribution in [-0.4, -0.2) is 23.8 Å². The molecule has 0 bridgehead atoms. The molecule has 0 aliphatic heterocycles.